The summed E-state index contributed by atoms with van der Waals surface area (Å²) in [6, 6.07) is 13.9. The molecule has 6 heteroatoms. The minimum absolute atomic E-state index is 0.180. The van der Waals surface area contributed by atoms with E-state index in [9.17, 15) is 8.42 Å². The minimum Gasteiger partial charge on any atom is -0.329 e. The summed E-state index contributed by atoms with van der Waals surface area (Å²) in [6.45, 7) is 2.16. The van der Waals surface area contributed by atoms with Crippen LogP contribution in [-0.2, 0) is 10.0 Å². The lowest BCUT2D eigenvalue weighted by atomic mass is 10.1. The standard InChI is InChI=1S/C18H19N3O2S/c1-13-2-4-14(5-3-13)18(11-19)21-24(22,23)17-7-6-16-12-20-9-8-15(16)10-17/h2-10,12,18,21H,11,19H2,1H3. The van der Waals surface area contributed by atoms with Crippen LogP contribution in [0.3, 0.4) is 0 Å². The zero-order valence-corrected chi connectivity index (χ0v) is 14.1. The van der Waals surface area contributed by atoms with Gasteiger partial charge in [0.2, 0.25) is 10.0 Å². The molecular formula is C18H19N3O2S. The van der Waals surface area contributed by atoms with Crippen molar-refractivity contribution in [3.8, 4) is 0 Å². The molecule has 0 spiro atoms. The summed E-state index contributed by atoms with van der Waals surface area (Å²) in [5.74, 6) is 0. The Balaban J connectivity index is 1.91. The first-order valence-corrected chi connectivity index (χ1v) is 9.11. The number of hydrogen-bond donors (Lipinski definition) is 2. The van der Waals surface area contributed by atoms with Crippen molar-refractivity contribution in [3.05, 3.63) is 72.1 Å². The smallest absolute Gasteiger partial charge is 0.241 e. The van der Waals surface area contributed by atoms with Gasteiger partial charge in [-0.2, -0.15) is 0 Å². The van der Waals surface area contributed by atoms with Crippen LogP contribution < -0.4 is 10.5 Å². The molecule has 3 rings (SSSR count). The molecule has 0 amide bonds. The largest absolute Gasteiger partial charge is 0.329 e. The number of benzene rings is 2. The van der Waals surface area contributed by atoms with Crippen LogP contribution in [0, 0.1) is 6.92 Å². The topological polar surface area (TPSA) is 85.1 Å². The predicted octanol–water partition coefficient (Wildman–Crippen LogP) is 2.52. The number of sulfonamides is 1. The molecule has 0 fully saturated rings. The van der Waals surface area contributed by atoms with Crippen molar-refractivity contribution in [2.24, 2.45) is 5.73 Å². The number of pyridine rings is 1. The predicted molar refractivity (Wildman–Crippen MR) is 95.0 cm³/mol. The van der Waals surface area contributed by atoms with Crippen molar-refractivity contribution in [2.75, 3.05) is 6.54 Å². The van der Waals surface area contributed by atoms with Crippen LogP contribution in [0.2, 0.25) is 0 Å². The second-order valence-electron chi connectivity index (χ2n) is 5.70. The molecule has 0 saturated carbocycles. The summed E-state index contributed by atoms with van der Waals surface area (Å²) < 4.78 is 28.1. The lowest BCUT2D eigenvalue weighted by molar-refractivity contribution is 0.558. The van der Waals surface area contributed by atoms with Gasteiger partial charge in [0.05, 0.1) is 10.9 Å². The number of fused-ring (bicyclic) bond motifs is 1. The fraction of sp³-hybridized carbons (Fsp3) is 0.167. The van der Waals surface area contributed by atoms with Crippen LogP contribution in [0.25, 0.3) is 10.8 Å². The summed E-state index contributed by atoms with van der Waals surface area (Å²) >= 11 is 0. The van der Waals surface area contributed by atoms with E-state index in [-0.39, 0.29) is 11.4 Å². The molecule has 1 atom stereocenters. The van der Waals surface area contributed by atoms with E-state index in [4.69, 9.17) is 5.73 Å². The van der Waals surface area contributed by atoms with Crippen molar-refractivity contribution < 1.29 is 8.42 Å². The quantitative estimate of drug-likeness (QED) is 0.747. The monoisotopic (exact) mass is 341 g/mol. The SMILES string of the molecule is Cc1ccc(C(CN)NS(=O)(=O)c2ccc3cnccc3c2)cc1. The normalized spacial score (nSPS) is 13.1. The third-order valence-corrected chi connectivity index (χ3v) is 5.40. The lowest BCUT2D eigenvalue weighted by Gasteiger charge is -2.18. The van der Waals surface area contributed by atoms with E-state index in [2.05, 4.69) is 9.71 Å². The molecule has 124 valence electrons. The van der Waals surface area contributed by atoms with E-state index in [1.54, 1.807) is 36.7 Å². The first kappa shape index (κ1) is 16.6. The zero-order chi connectivity index (χ0) is 17.2. The number of hydrogen-bond acceptors (Lipinski definition) is 4. The van der Waals surface area contributed by atoms with Gasteiger partial charge in [-0.25, -0.2) is 13.1 Å². The summed E-state index contributed by atoms with van der Waals surface area (Å²) in [5.41, 5.74) is 7.74. The molecule has 0 radical (unpaired) electrons. The molecule has 1 unspecified atom stereocenters. The van der Waals surface area contributed by atoms with E-state index in [0.717, 1.165) is 21.9 Å². The van der Waals surface area contributed by atoms with Crippen LogP contribution in [0.4, 0.5) is 0 Å². The summed E-state index contributed by atoms with van der Waals surface area (Å²) in [5, 5.41) is 1.72. The number of nitrogens with zero attached hydrogens (tertiary/aromatic N) is 1. The summed E-state index contributed by atoms with van der Waals surface area (Å²) in [6.07, 6.45) is 3.34. The Labute approximate surface area is 141 Å². The van der Waals surface area contributed by atoms with E-state index in [1.165, 1.54) is 0 Å². The van der Waals surface area contributed by atoms with Gasteiger partial charge >= 0.3 is 0 Å². The van der Waals surface area contributed by atoms with Crippen molar-refractivity contribution in [2.45, 2.75) is 17.9 Å². The van der Waals surface area contributed by atoms with Gasteiger partial charge in [-0.1, -0.05) is 35.9 Å². The third kappa shape index (κ3) is 3.46. The molecule has 1 heterocycles. The maximum absolute atomic E-state index is 12.7. The van der Waals surface area contributed by atoms with Gasteiger partial charge in [0.15, 0.2) is 0 Å². The molecule has 0 aliphatic carbocycles. The minimum atomic E-state index is -3.67. The molecule has 5 nitrogen and oxygen atoms in total. The summed E-state index contributed by atoms with van der Waals surface area (Å²) in [4.78, 5) is 4.25. The highest BCUT2D eigenvalue weighted by molar-refractivity contribution is 7.89. The van der Waals surface area contributed by atoms with Crippen LogP contribution in [0.15, 0.2) is 65.8 Å². The van der Waals surface area contributed by atoms with Crippen molar-refractivity contribution in [3.63, 3.8) is 0 Å². The Morgan fingerprint density at radius 2 is 1.83 bits per heavy atom. The van der Waals surface area contributed by atoms with Crippen molar-refractivity contribution in [1.82, 2.24) is 9.71 Å². The first-order chi connectivity index (χ1) is 11.5. The molecular weight excluding hydrogens is 322 g/mol. The van der Waals surface area contributed by atoms with Crippen LogP contribution in [-0.4, -0.2) is 19.9 Å². The summed E-state index contributed by atoms with van der Waals surface area (Å²) in [7, 11) is -3.67. The molecule has 0 aliphatic heterocycles. The lowest BCUT2D eigenvalue weighted by Crippen LogP contribution is -2.33. The first-order valence-electron chi connectivity index (χ1n) is 7.62. The third-order valence-electron chi connectivity index (χ3n) is 3.94. The average Bonchev–Trinajstić information content (AvgIpc) is 2.60. The number of rotatable bonds is 5. The molecule has 3 aromatic rings. The van der Waals surface area contributed by atoms with Gasteiger partial charge < -0.3 is 5.73 Å². The Bertz CT molecular complexity index is 953. The van der Waals surface area contributed by atoms with E-state index < -0.39 is 16.1 Å². The fourth-order valence-corrected chi connectivity index (χ4v) is 3.81. The Morgan fingerprint density at radius 3 is 2.54 bits per heavy atom. The molecule has 1 aromatic heterocycles. The van der Waals surface area contributed by atoms with Gasteiger partial charge in [0, 0.05) is 24.3 Å². The highest BCUT2D eigenvalue weighted by Crippen LogP contribution is 2.21. The second-order valence-corrected chi connectivity index (χ2v) is 7.42. The molecule has 3 N–H and O–H groups in total. The van der Waals surface area contributed by atoms with Crippen LogP contribution >= 0.6 is 0 Å². The van der Waals surface area contributed by atoms with Crippen LogP contribution in [0.1, 0.15) is 17.2 Å². The molecule has 24 heavy (non-hydrogen) atoms. The van der Waals surface area contributed by atoms with Gasteiger partial charge in [-0.15, -0.1) is 0 Å². The Hall–Kier alpha value is -2.28. The zero-order valence-electron chi connectivity index (χ0n) is 13.3. The highest BCUT2D eigenvalue weighted by atomic mass is 32.2. The molecule has 0 bridgehead atoms. The van der Waals surface area contributed by atoms with E-state index in [0.29, 0.717) is 0 Å². The fourth-order valence-electron chi connectivity index (χ4n) is 2.53. The average molecular weight is 341 g/mol. The number of nitrogens with one attached hydrogen (secondary N) is 1. The number of aromatic nitrogens is 1. The van der Waals surface area contributed by atoms with Crippen molar-refractivity contribution >= 4 is 20.8 Å². The highest BCUT2D eigenvalue weighted by Gasteiger charge is 2.20. The molecule has 0 aliphatic rings. The van der Waals surface area contributed by atoms with Gasteiger partial charge in [0.25, 0.3) is 0 Å². The molecule has 2 aromatic carbocycles. The Morgan fingerprint density at radius 1 is 1.08 bits per heavy atom. The van der Waals surface area contributed by atoms with Gasteiger partial charge in [-0.3, -0.25) is 4.98 Å². The van der Waals surface area contributed by atoms with Gasteiger partial charge in [-0.05, 0) is 36.1 Å². The maximum Gasteiger partial charge on any atom is 0.241 e. The van der Waals surface area contributed by atoms with E-state index in [1.807, 2.05) is 31.2 Å². The second kappa shape index (κ2) is 6.68. The maximum atomic E-state index is 12.7. The molecule has 0 saturated heterocycles. The Kier molecular flexibility index (Phi) is 4.62. The van der Waals surface area contributed by atoms with E-state index >= 15 is 0 Å². The van der Waals surface area contributed by atoms with Crippen LogP contribution in [0.5, 0.6) is 0 Å². The number of nitrogens with two attached hydrogens (primary N) is 1. The van der Waals surface area contributed by atoms with Gasteiger partial charge in [0.1, 0.15) is 0 Å². The van der Waals surface area contributed by atoms with Crippen molar-refractivity contribution in [1.29, 1.82) is 0 Å². The number of aryl methyl sites for hydroxylation is 1.